The zero-order chi connectivity index (χ0) is 18.1. The number of aliphatic hydroxyl groups excluding tert-OH is 1. The molecule has 1 aliphatic rings. The number of hydrogen-bond acceptors (Lipinski definition) is 5. The maximum Gasteiger partial charge on any atom is 0.228 e. The fourth-order valence-corrected chi connectivity index (χ4v) is 3.00. The summed E-state index contributed by atoms with van der Waals surface area (Å²) in [4.78, 5) is 25.3. The van der Waals surface area contributed by atoms with E-state index in [1.54, 1.807) is 4.90 Å². The molecule has 0 bridgehead atoms. The van der Waals surface area contributed by atoms with Gasteiger partial charge >= 0.3 is 0 Å². The van der Waals surface area contributed by atoms with Crippen molar-refractivity contribution in [1.82, 2.24) is 4.90 Å². The summed E-state index contributed by atoms with van der Waals surface area (Å²) in [5, 5.41) is 9.95. The second-order valence-electron chi connectivity index (χ2n) is 6.14. The first-order valence-corrected chi connectivity index (χ1v) is 8.87. The van der Waals surface area contributed by atoms with E-state index in [0.717, 1.165) is 24.2 Å². The first-order chi connectivity index (χ1) is 12.2. The lowest BCUT2D eigenvalue weighted by Gasteiger charge is -2.31. The summed E-state index contributed by atoms with van der Waals surface area (Å²) in [6.45, 7) is 4.61. The summed E-state index contributed by atoms with van der Waals surface area (Å²) >= 11 is 0. The summed E-state index contributed by atoms with van der Waals surface area (Å²) in [6.07, 6.45) is 1.18. The predicted octanol–water partition coefficient (Wildman–Crippen LogP) is 1.44. The van der Waals surface area contributed by atoms with Gasteiger partial charge in [-0.3, -0.25) is 4.79 Å². The molecule has 0 radical (unpaired) electrons. The number of benzene rings is 1. The van der Waals surface area contributed by atoms with Gasteiger partial charge in [-0.15, -0.1) is 0 Å². The van der Waals surface area contributed by atoms with E-state index in [1.165, 1.54) is 0 Å². The summed E-state index contributed by atoms with van der Waals surface area (Å²) in [5.74, 6) is -0.00381. The second kappa shape index (κ2) is 10.2. The van der Waals surface area contributed by atoms with Crippen LogP contribution in [0.15, 0.2) is 24.3 Å². The van der Waals surface area contributed by atoms with Gasteiger partial charge in [0.1, 0.15) is 18.1 Å². The lowest BCUT2D eigenvalue weighted by Crippen LogP contribution is -2.46. The minimum atomic E-state index is -1.25. The molecule has 6 heteroatoms. The Morgan fingerprint density at radius 1 is 1.32 bits per heavy atom. The highest BCUT2D eigenvalue weighted by Gasteiger charge is 2.30. The number of ether oxygens (including phenoxy) is 2. The first kappa shape index (κ1) is 19.4. The van der Waals surface area contributed by atoms with Crippen molar-refractivity contribution in [2.75, 3.05) is 32.9 Å². The zero-order valence-corrected chi connectivity index (χ0v) is 14.7. The summed E-state index contributed by atoms with van der Waals surface area (Å²) < 4.78 is 10.7. The van der Waals surface area contributed by atoms with E-state index in [0.29, 0.717) is 45.6 Å². The van der Waals surface area contributed by atoms with Gasteiger partial charge in [-0.25, -0.2) is 0 Å². The largest absolute Gasteiger partial charge is 0.494 e. The van der Waals surface area contributed by atoms with Crippen molar-refractivity contribution in [3.05, 3.63) is 29.8 Å². The highest BCUT2D eigenvalue weighted by Crippen LogP contribution is 2.19. The predicted molar refractivity (Wildman–Crippen MR) is 93.5 cm³/mol. The van der Waals surface area contributed by atoms with Gasteiger partial charge in [0.15, 0.2) is 0 Å². The fourth-order valence-electron chi connectivity index (χ4n) is 3.00. The number of nitrogens with zero attached hydrogens (tertiary/aromatic N) is 1. The van der Waals surface area contributed by atoms with Crippen LogP contribution < -0.4 is 4.74 Å². The molecule has 2 atom stereocenters. The summed E-state index contributed by atoms with van der Waals surface area (Å²) in [7, 11) is 0. The Balaban J connectivity index is 1.88. The van der Waals surface area contributed by atoms with Crippen LogP contribution in [0.3, 0.4) is 0 Å². The van der Waals surface area contributed by atoms with Gasteiger partial charge < -0.3 is 24.3 Å². The zero-order valence-electron chi connectivity index (χ0n) is 14.7. The average Bonchev–Trinajstić information content (AvgIpc) is 2.66. The standard InChI is InChI=1S/C19H27NO5/c1-2-25-16-8-6-15(7-9-16)4-3-5-17(18(22)14-21)19(23)20-10-12-24-13-11-20/h6-9,14,17-18,22H,2-5,10-13H2,1H3/t17-,18-/m1/s1. The number of amides is 1. The van der Waals surface area contributed by atoms with E-state index in [-0.39, 0.29) is 5.91 Å². The van der Waals surface area contributed by atoms with Crippen LogP contribution in [0, 0.1) is 5.92 Å². The molecule has 0 unspecified atom stereocenters. The summed E-state index contributed by atoms with van der Waals surface area (Å²) in [6, 6.07) is 7.85. The van der Waals surface area contributed by atoms with Crippen LogP contribution in [0.4, 0.5) is 0 Å². The quantitative estimate of drug-likeness (QED) is 0.683. The van der Waals surface area contributed by atoms with Gasteiger partial charge in [0.25, 0.3) is 0 Å². The molecule has 6 nitrogen and oxygen atoms in total. The molecule has 0 spiro atoms. The molecule has 2 rings (SSSR count). The van der Waals surface area contributed by atoms with Crippen molar-refractivity contribution >= 4 is 12.2 Å². The molecule has 0 aliphatic carbocycles. The van der Waals surface area contributed by atoms with Crippen molar-refractivity contribution in [3.63, 3.8) is 0 Å². The van der Waals surface area contributed by atoms with E-state index in [9.17, 15) is 14.7 Å². The van der Waals surface area contributed by atoms with E-state index in [1.807, 2.05) is 31.2 Å². The van der Waals surface area contributed by atoms with E-state index in [4.69, 9.17) is 9.47 Å². The molecule has 1 aromatic carbocycles. The topological polar surface area (TPSA) is 76.1 Å². The lowest BCUT2D eigenvalue weighted by molar-refractivity contribution is -0.145. The van der Waals surface area contributed by atoms with Crippen molar-refractivity contribution in [2.45, 2.75) is 32.3 Å². The number of aliphatic hydroxyl groups is 1. The van der Waals surface area contributed by atoms with Gasteiger partial charge in [0, 0.05) is 13.1 Å². The minimum absolute atomic E-state index is 0.158. The molecule has 0 aromatic heterocycles. The number of carbonyl (C=O) groups is 2. The molecule has 1 heterocycles. The number of carbonyl (C=O) groups excluding carboxylic acids is 2. The van der Waals surface area contributed by atoms with Gasteiger partial charge in [-0.1, -0.05) is 12.1 Å². The van der Waals surface area contributed by atoms with E-state index in [2.05, 4.69) is 0 Å². The first-order valence-electron chi connectivity index (χ1n) is 8.87. The maximum absolute atomic E-state index is 12.6. The van der Waals surface area contributed by atoms with Gasteiger partial charge in [0.2, 0.25) is 5.91 Å². The van der Waals surface area contributed by atoms with Crippen LogP contribution in [0.25, 0.3) is 0 Å². The van der Waals surface area contributed by atoms with Gasteiger partial charge in [-0.05, 0) is 43.9 Å². The van der Waals surface area contributed by atoms with Crippen LogP contribution in [0.5, 0.6) is 5.75 Å². The molecule has 138 valence electrons. The number of morpholine rings is 1. The SMILES string of the molecule is CCOc1ccc(CCC[C@@H](C(=O)N2CCOCC2)[C@H](O)C=O)cc1. The summed E-state index contributed by atoms with van der Waals surface area (Å²) in [5.41, 5.74) is 1.14. The molecule has 1 amide bonds. The number of rotatable bonds is 9. The average molecular weight is 349 g/mol. The lowest BCUT2D eigenvalue weighted by atomic mass is 9.93. The number of aldehydes is 1. The molecule has 25 heavy (non-hydrogen) atoms. The Hall–Kier alpha value is -1.92. The Morgan fingerprint density at radius 2 is 2.00 bits per heavy atom. The Kier molecular flexibility index (Phi) is 7.88. The third-order valence-corrected chi connectivity index (χ3v) is 4.41. The second-order valence-corrected chi connectivity index (χ2v) is 6.14. The molecule has 0 saturated carbocycles. The number of hydrogen-bond donors (Lipinski definition) is 1. The van der Waals surface area contributed by atoms with E-state index < -0.39 is 12.0 Å². The van der Waals surface area contributed by atoms with Crippen molar-refractivity contribution in [1.29, 1.82) is 0 Å². The Bertz CT molecular complexity index is 539. The van der Waals surface area contributed by atoms with Crippen LogP contribution >= 0.6 is 0 Å². The number of aryl methyl sites for hydroxylation is 1. The third kappa shape index (κ3) is 5.83. The van der Waals surface area contributed by atoms with Gasteiger partial charge in [-0.2, -0.15) is 0 Å². The third-order valence-electron chi connectivity index (χ3n) is 4.41. The molecular weight excluding hydrogens is 322 g/mol. The molecule has 1 saturated heterocycles. The van der Waals surface area contributed by atoms with Gasteiger partial charge in [0.05, 0.1) is 25.7 Å². The van der Waals surface area contributed by atoms with Crippen molar-refractivity contribution in [2.24, 2.45) is 5.92 Å². The Morgan fingerprint density at radius 3 is 2.60 bits per heavy atom. The highest BCUT2D eigenvalue weighted by molar-refractivity contribution is 5.82. The molecule has 1 fully saturated rings. The maximum atomic E-state index is 12.6. The van der Waals surface area contributed by atoms with Crippen LogP contribution in [-0.4, -0.2) is 61.2 Å². The molecule has 1 aliphatic heterocycles. The van der Waals surface area contributed by atoms with Crippen molar-refractivity contribution < 1.29 is 24.2 Å². The molecular formula is C19H27NO5. The van der Waals surface area contributed by atoms with Crippen LogP contribution in [-0.2, 0) is 20.7 Å². The normalized spacial score (nSPS) is 17.0. The molecule has 1 aromatic rings. The minimum Gasteiger partial charge on any atom is -0.494 e. The molecule has 1 N–H and O–H groups in total. The monoisotopic (exact) mass is 349 g/mol. The smallest absolute Gasteiger partial charge is 0.228 e. The Labute approximate surface area is 148 Å². The fraction of sp³-hybridized carbons (Fsp3) is 0.579. The highest BCUT2D eigenvalue weighted by atomic mass is 16.5. The van der Waals surface area contributed by atoms with Crippen molar-refractivity contribution in [3.8, 4) is 5.75 Å². The van der Waals surface area contributed by atoms with E-state index >= 15 is 0 Å². The van der Waals surface area contributed by atoms with Crippen LogP contribution in [0.1, 0.15) is 25.3 Å². The van der Waals surface area contributed by atoms with Crippen LogP contribution in [0.2, 0.25) is 0 Å².